The first-order chi connectivity index (χ1) is 8.80. The monoisotopic (exact) mass is 262 g/mol. The van der Waals surface area contributed by atoms with Gasteiger partial charge in [-0.2, -0.15) is 5.26 Å². The molecule has 0 unspecified atom stereocenters. The predicted molar refractivity (Wildman–Crippen MR) is 73.9 cm³/mol. The number of benzene rings is 1. The molecule has 0 saturated heterocycles. The quantitative estimate of drug-likeness (QED) is 0.645. The van der Waals surface area contributed by atoms with Crippen molar-refractivity contribution in [1.29, 1.82) is 5.26 Å². The van der Waals surface area contributed by atoms with E-state index in [1.54, 1.807) is 6.07 Å². The number of nitrogens with zero attached hydrogens (tertiary/aromatic N) is 3. The maximum Gasteiger partial charge on any atom is 0.287 e. The molecule has 2 N–H and O–H groups in total. The number of hydrogen-bond acceptors (Lipinski definition) is 5. The molecule has 102 valence electrons. The van der Waals surface area contributed by atoms with E-state index >= 15 is 0 Å². The van der Waals surface area contributed by atoms with Crippen molar-refractivity contribution in [2.75, 3.05) is 25.0 Å². The summed E-state index contributed by atoms with van der Waals surface area (Å²) in [7, 11) is 1.87. The summed E-state index contributed by atoms with van der Waals surface area (Å²) in [4.78, 5) is 12.2. The van der Waals surface area contributed by atoms with E-state index in [2.05, 4.69) is 0 Å². The van der Waals surface area contributed by atoms with Gasteiger partial charge in [0.25, 0.3) is 5.69 Å². The Morgan fingerprint density at radius 2 is 2.16 bits per heavy atom. The first kappa shape index (κ1) is 14.9. The lowest BCUT2D eigenvalue weighted by atomic mass is 9.93. The second-order valence-corrected chi connectivity index (χ2v) is 5.29. The normalized spacial score (nSPS) is 10.9. The van der Waals surface area contributed by atoms with Gasteiger partial charge in [0, 0.05) is 25.3 Å². The number of hydrogen-bond donors (Lipinski definition) is 1. The maximum absolute atomic E-state index is 10.8. The van der Waals surface area contributed by atoms with Crippen LogP contribution in [0, 0.1) is 26.9 Å². The highest BCUT2D eigenvalue weighted by molar-refractivity contribution is 5.59. The van der Waals surface area contributed by atoms with Crippen LogP contribution in [-0.2, 0) is 0 Å². The zero-order chi connectivity index (χ0) is 14.6. The molecular formula is C13H18N4O2. The van der Waals surface area contributed by atoms with Crippen molar-refractivity contribution in [3.63, 3.8) is 0 Å². The van der Waals surface area contributed by atoms with Crippen LogP contribution in [-0.4, -0.2) is 25.1 Å². The Morgan fingerprint density at radius 1 is 1.53 bits per heavy atom. The molecule has 6 nitrogen and oxygen atoms in total. The van der Waals surface area contributed by atoms with E-state index in [4.69, 9.17) is 11.0 Å². The zero-order valence-electron chi connectivity index (χ0n) is 11.4. The van der Waals surface area contributed by atoms with Crippen molar-refractivity contribution >= 4 is 11.4 Å². The van der Waals surface area contributed by atoms with Crippen molar-refractivity contribution in [3.8, 4) is 6.07 Å². The molecule has 0 bridgehead atoms. The van der Waals surface area contributed by atoms with Crippen LogP contribution in [0.25, 0.3) is 0 Å². The molecule has 0 spiro atoms. The van der Waals surface area contributed by atoms with Crippen molar-refractivity contribution < 1.29 is 4.92 Å². The highest BCUT2D eigenvalue weighted by Gasteiger charge is 2.20. The third kappa shape index (κ3) is 3.66. The standard InChI is InChI=1S/C13H18N4O2/c1-13(2,8-15)9-16(3)11-4-5-12(17(18)19)10(6-11)7-14/h4-6H,8-9,15H2,1-3H3. The van der Waals surface area contributed by atoms with E-state index in [-0.39, 0.29) is 16.7 Å². The van der Waals surface area contributed by atoms with Gasteiger partial charge in [0.2, 0.25) is 0 Å². The highest BCUT2D eigenvalue weighted by Crippen LogP contribution is 2.25. The summed E-state index contributed by atoms with van der Waals surface area (Å²) < 4.78 is 0. The fourth-order valence-corrected chi connectivity index (χ4v) is 1.81. The molecule has 0 atom stereocenters. The van der Waals surface area contributed by atoms with Gasteiger partial charge in [-0.1, -0.05) is 13.8 Å². The maximum atomic E-state index is 10.8. The molecule has 1 rings (SSSR count). The van der Waals surface area contributed by atoms with Gasteiger partial charge < -0.3 is 10.6 Å². The van der Waals surface area contributed by atoms with Crippen LogP contribution in [0.2, 0.25) is 0 Å². The Kier molecular flexibility index (Phi) is 4.46. The molecule has 0 amide bonds. The van der Waals surface area contributed by atoms with Crippen LogP contribution in [0.15, 0.2) is 18.2 Å². The molecule has 19 heavy (non-hydrogen) atoms. The molecule has 0 aliphatic rings. The van der Waals surface area contributed by atoms with Crippen LogP contribution in [0.5, 0.6) is 0 Å². The average Bonchev–Trinajstić information content (AvgIpc) is 2.37. The Labute approximate surface area is 112 Å². The first-order valence-electron chi connectivity index (χ1n) is 5.90. The predicted octanol–water partition coefficient (Wildman–Crippen LogP) is 1.89. The van der Waals surface area contributed by atoms with E-state index in [0.29, 0.717) is 13.1 Å². The Bertz CT molecular complexity index is 520. The summed E-state index contributed by atoms with van der Waals surface area (Å²) in [5.41, 5.74) is 6.29. The lowest BCUT2D eigenvalue weighted by Gasteiger charge is -2.30. The van der Waals surface area contributed by atoms with Crippen molar-refractivity contribution in [1.82, 2.24) is 0 Å². The number of rotatable bonds is 5. The second-order valence-electron chi connectivity index (χ2n) is 5.29. The summed E-state index contributed by atoms with van der Waals surface area (Å²) >= 11 is 0. The topological polar surface area (TPSA) is 96.2 Å². The molecule has 0 radical (unpaired) electrons. The van der Waals surface area contributed by atoms with Crippen LogP contribution >= 0.6 is 0 Å². The number of anilines is 1. The Balaban J connectivity index is 3.04. The van der Waals surface area contributed by atoms with E-state index in [9.17, 15) is 10.1 Å². The van der Waals surface area contributed by atoms with Gasteiger partial charge in [0.05, 0.1) is 4.92 Å². The molecule has 1 aromatic rings. The molecular weight excluding hydrogens is 244 g/mol. The molecule has 0 aliphatic heterocycles. The molecule has 0 aliphatic carbocycles. The smallest absolute Gasteiger partial charge is 0.287 e. The molecule has 1 aromatic carbocycles. The summed E-state index contributed by atoms with van der Waals surface area (Å²) in [6.07, 6.45) is 0. The van der Waals surface area contributed by atoms with Crippen molar-refractivity contribution in [3.05, 3.63) is 33.9 Å². The van der Waals surface area contributed by atoms with Gasteiger partial charge in [-0.05, 0) is 24.1 Å². The summed E-state index contributed by atoms with van der Waals surface area (Å²) in [5.74, 6) is 0. The SMILES string of the molecule is CN(CC(C)(C)CN)c1ccc([N+](=O)[O-])c(C#N)c1. The van der Waals surface area contributed by atoms with Gasteiger partial charge in [0.1, 0.15) is 11.6 Å². The van der Waals surface area contributed by atoms with E-state index in [0.717, 1.165) is 5.69 Å². The average molecular weight is 262 g/mol. The lowest BCUT2D eigenvalue weighted by Crippen LogP contribution is -2.36. The summed E-state index contributed by atoms with van der Waals surface area (Å²) in [5, 5.41) is 19.7. The molecule has 6 heteroatoms. The van der Waals surface area contributed by atoms with Gasteiger partial charge >= 0.3 is 0 Å². The molecule has 0 aromatic heterocycles. The van der Waals surface area contributed by atoms with Gasteiger partial charge in [-0.15, -0.1) is 0 Å². The number of nitriles is 1. The minimum atomic E-state index is -0.549. The van der Waals surface area contributed by atoms with Crippen LogP contribution < -0.4 is 10.6 Å². The second kappa shape index (κ2) is 5.67. The van der Waals surface area contributed by atoms with Gasteiger partial charge in [0.15, 0.2) is 0 Å². The summed E-state index contributed by atoms with van der Waals surface area (Å²) in [6, 6.07) is 6.39. The molecule has 0 fully saturated rings. The minimum Gasteiger partial charge on any atom is -0.374 e. The van der Waals surface area contributed by atoms with Gasteiger partial charge in [-0.3, -0.25) is 10.1 Å². The van der Waals surface area contributed by atoms with Crippen molar-refractivity contribution in [2.45, 2.75) is 13.8 Å². The van der Waals surface area contributed by atoms with Gasteiger partial charge in [-0.25, -0.2) is 0 Å². The third-order valence-electron chi connectivity index (χ3n) is 2.96. The van der Waals surface area contributed by atoms with Crippen LogP contribution in [0.4, 0.5) is 11.4 Å². The third-order valence-corrected chi connectivity index (χ3v) is 2.96. The fraction of sp³-hybridized carbons (Fsp3) is 0.462. The zero-order valence-corrected chi connectivity index (χ0v) is 11.4. The summed E-state index contributed by atoms with van der Waals surface area (Å²) in [6.45, 7) is 5.32. The fourth-order valence-electron chi connectivity index (χ4n) is 1.81. The Morgan fingerprint density at radius 3 is 2.63 bits per heavy atom. The minimum absolute atomic E-state index is 0.0661. The highest BCUT2D eigenvalue weighted by atomic mass is 16.6. The van der Waals surface area contributed by atoms with E-state index in [1.807, 2.05) is 31.9 Å². The molecule has 0 heterocycles. The first-order valence-corrected chi connectivity index (χ1v) is 5.90. The lowest BCUT2D eigenvalue weighted by molar-refractivity contribution is -0.385. The van der Waals surface area contributed by atoms with Crippen LogP contribution in [0.1, 0.15) is 19.4 Å². The van der Waals surface area contributed by atoms with Crippen molar-refractivity contribution in [2.24, 2.45) is 11.1 Å². The number of nitro groups is 1. The largest absolute Gasteiger partial charge is 0.374 e. The number of nitro benzene ring substituents is 1. The van der Waals surface area contributed by atoms with E-state index in [1.165, 1.54) is 12.1 Å². The number of nitrogens with two attached hydrogens (primary N) is 1. The van der Waals surface area contributed by atoms with E-state index < -0.39 is 4.92 Å². The molecule has 0 saturated carbocycles. The van der Waals surface area contributed by atoms with Crippen LogP contribution in [0.3, 0.4) is 0 Å². The Hall–Kier alpha value is -2.13.